The molecule has 0 spiro atoms. The number of aromatic nitrogens is 2. The predicted molar refractivity (Wildman–Crippen MR) is 70.9 cm³/mol. The second kappa shape index (κ2) is 4.81. The highest BCUT2D eigenvalue weighted by molar-refractivity contribution is 5.08. The highest BCUT2D eigenvalue weighted by atomic mass is 15.3. The zero-order chi connectivity index (χ0) is 12.5. The number of nitrogens with two attached hydrogens (primary N) is 1. The molecule has 1 aromatic rings. The first-order chi connectivity index (χ1) is 8.02. The van der Waals surface area contributed by atoms with Crippen molar-refractivity contribution in [2.24, 2.45) is 11.7 Å². The highest BCUT2D eigenvalue weighted by Gasteiger charge is 2.35. The maximum absolute atomic E-state index is 6.49. The number of hydrogen-bond donors (Lipinski definition) is 1. The van der Waals surface area contributed by atoms with E-state index < -0.39 is 0 Å². The van der Waals surface area contributed by atoms with E-state index in [4.69, 9.17) is 5.73 Å². The van der Waals surface area contributed by atoms with E-state index in [1.807, 2.05) is 4.68 Å². The van der Waals surface area contributed by atoms with Crippen molar-refractivity contribution in [1.29, 1.82) is 0 Å². The Hall–Kier alpha value is -0.830. The lowest BCUT2D eigenvalue weighted by atomic mass is 9.91. The van der Waals surface area contributed by atoms with Gasteiger partial charge in [0.25, 0.3) is 0 Å². The quantitative estimate of drug-likeness (QED) is 0.872. The summed E-state index contributed by atoms with van der Waals surface area (Å²) in [5.74, 6) is 0.826. The Labute approximate surface area is 104 Å². The van der Waals surface area contributed by atoms with Crippen LogP contribution >= 0.6 is 0 Å². The Morgan fingerprint density at radius 3 is 2.88 bits per heavy atom. The van der Waals surface area contributed by atoms with E-state index in [1.165, 1.54) is 12.8 Å². The Balaban J connectivity index is 2.00. The molecule has 0 aromatic carbocycles. The van der Waals surface area contributed by atoms with Gasteiger partial charge >= 0.3 is 0 Å². The van der Waals surface area contributed by atoms with E-state index in [1.54, 1.807) is 0 Å². The molecule has 3 nitrogen and oxygen atoms in total. The van der Waals surface area contributed by atoms with Crippen LogP contribution in [0.2, 0.25) is 0 Å². The molecule has 1 heterocycles. The Bertz CT molecular complexity index is 369. The first-order valence-corrected chi connectivity index (χ1v) is 6.85. The number of rotatable bonds is 4. The molecule has 1 aromatic heterocycles. The lowest BCUT2D eigenvalue weighted by molar-refractivity contribution is 0.399. The summed E-state index contributed by atoms with van der Waals surface area (Å²) in [7, 11) is 0. The molecule has 2 unspecified atom stereocenters. The molecule has 0 amide bonds. The molecule has 1 aliphatic rings. The third-order valence-corrected chi connectivity index (χ3v) is 4.05. The lowest BCUT2D eigenvalue weighted by Crippen LogP contribution is -2.39. The summed E-state index contributed by atoms with van der Waals surface area (Å²) in [6.45, 7) is 6.57. The average molecular weight is 235 g/mol. The van der Waals surface area contributed by atoms with E-state index in [2.05, 4.69) is 38.1 Å². The maximum Gasteiger partial charge on any atom is 0.0643 e. The van der Waals surface area contributed by atoms with Crippen molar-refractivity contribution in [2.45, 2.75) is 64.5 Å². The predicted octanol–water partition coefficient (Wildman–Crippen LogP) is 2.91. The monoisotopic (exact) mass is 235 g/mol. The molecule has 2 N–H and O–H groups in total. The first kappa shape index (κ1) is 12.6. The zero-order valence-electron chi connectivity index (χ0n) is 11.3. The Morgan fingerprint density at radius 2 is 2.35 bits per heavy atom. The Morgan fingerprint density at radius 1 is 1.59 bits per heavy atom. The normalized spacial score (nSPS) is 29.1. The van der Waals surface area contributed by atoms with Crippen LogP contribution in [0, 0.1) is 5.92 Å². The van der Waals surface area contributed by atoms with Gasteiger partial charge in [0.2, 0.25) is 0 Å². The van der Waals surface area contributed by atoms with Crippen LogP contribution in [0.4, 0.5) is 0 Å². The molecular weight excluding hydrogens is 210 g/mol. The molecular formula is C14H25N3. The van der Waals surface area contributed by atoms with Crippen molar-refractivity contribution in [3.05, 3.63) is 18.0 Å². The van der Waals surface area contributed by atoms with Gasteiger partial charge in [-0.3, -0.25) is 4.68 Å². The fraction of sp³-hybridized carbons (Fsp3) is 0.786. The van der Waals surface area contributed by atoms with Crippen LogP contribution in [0.1, 0.15) is 58.2 Å². The molecule has 96 valence electrons. The minimum absolute atomic E-state index is 0.00314. The standard InChI is InChI=1S/C14H25N3/c1-4-12-5-7-14(15,9-12)10-13-6-8-17(16-13)11(2)3/h6,8,11-12H,4-5,7,9-10,15H2,1-3H3. The molecule has 17 heavy (non-hydrogen) atoms. The molecule has 2 atom stereocenters. The van der Waals surface area contributed by atoms with Crippen molar-refractivity contribution >= 4 is 0 Å². The molecule has 0 bridgehead atoms. The van der Waals surface area contributed by atoms with Gasteiger partial charge in [-0.2, -0.15) is 5.10 Å². The first-order valence-electron chi connectivity index (χ1n) is 6.85. The van der Waals surface area contributed by atoms with Crippen molar-refractivity contribution in [3.8, 4) is 0 Å². The summed E-state index contributed by atoms with van der Waals surface area (Å²) in [6, 6.07) is 2.55. The smallest absolute Gasteiger partial charge is 0.0643 e. The third kappa shape index (κ3) is 2.89. The van der Waals surface area contributed by atoms with E-state index in [-0.39, 0.29) is 5.54 Å². The summed E-state index contributed by atoms with van der Waals surface area (Å²) >= 11 is 0. The molecule has 1 saturated carbocycles. The third-order valence-electron chi connectivity index (χ3n) is 4.05. The van der Waals surface area contributed by atoms with Gasteiger partial charge in [0.05, 0.1) is 5.69 Å². The van der Waals surface area contributed by atoms with Crippen LogP contribution in [-0.4, -0.2) is 15.3 Å². The lowest BCUT2D eigenvalue weighted by Gasteiger charge is -2.23. The topological polar surface area (TPSA) is 43.8 Å². The molecule has 2 rings (SSSR count). The van der Waals surface area contributed by atoms with Crippen LogP contribution in [-0.2, 0) is 6.42 Å². The van der Waals surface area contributed by atoms with Crippen molar-refractivity contribution in [2.75, 3.05) is 0 Å². The molecule has 3 heteroatoms. The van der Waals surface area contributed by atoms with Crippen molar-refractivity contribution in [1.82, 2.24) is 9.78 Å². The van der Waals surface area contributed by atoms with Crippen molar-refractivity contribution < 1.29 is 0 Å². The van der Waals surface area contributed by atoms with E-state index in [0.717, 1.165) is 30.9 Å². The fourth-order valence-corrected chi connectivity index (χ4v) is 2.90. The van der Waals surface area contributed by atoms with Crippen LogP contribution in [0.5, 0.6) is 0 Å². The van der Waals surface area contributed by atoms with Crippen LogP contribution < -0.4 is 5.73 Å². The van der Waals surface area contributed by atoms with Gasteiger partial charge in [0.15, 0.2) is 0 Å². The fourth-order valence-electron chi connectivity index (χ4n) is 2.90. The summed E-state index contributed by atoms with van der Waals surface area (Å²) in [6.07, 6.45) is 7.87. The van der Waals surface area contributed by atoms with Gasteiger partial charge < -0.3 is 5.73 Å². The van der Waals surface area contributed by atoms with Gasteiger partial charge in [0.1, 0.15) is 0 Å². The van der Waals surface area contributed by atoms with Crippen LogP contribution in [0.3, 0.4) is 0 Å². The van der Waals surface area contributed by atoms with Gasteiger partial charge in [-0.15, -0.1) is 0 Å². The average Bonchev–Trinajstić information content (AvgIpc) is 2.86. The van der Waals surface area contributed by atoms with Gasteiger partial charge in [0, 0.05) is 24.2 Å². The highest BCUT2D eigenvalue weighted by Crippen LogP contribution is 2.36. The minimum atomic E-state index is -0.00314. The van der Waals surface area contributed by atoms with E-state index in [0.29, 0.717) is 6.04 Å². The van der Waals surface area contributed by atoms with Crippen LogP contribution in [0.25, 0.3) is 0 Å². The van der Waals surface area contributed by atoms with Gasteiger partial charge in [-0.25, -0.2) is 0 Å². The number of nitrogens with zero attached hydrogens (tertiary/aromatic N) is 2. The molecule has 1 fully saturated rings. The maximum atomic E-state index is 6.49. The van der Waals surface area contributed by atoms with Crippen LogP contribution in [0.15, 0.2) is 12.3 Å². The SMILES string of the molecule is CCC1CCC(N)(Cc2ccn(C(C)C)n2)C1. The van der Waals surface area contributed by atoms with Crippen molar-refractivity contribution in [3.63, 3.8) is 0 Å². The van der Waals surface area contributed by atoms with Gasteiger partial charge in [-0.1, -0.05) is 13.3 Å². The summed E-state index contributed by atoms with van der Waals surface area (Å²) in [5, 5.41) is 4.61. The minimum Gasteiger partial charge on any atom is -0.325 e. The second-order valence-corrected chi connectivity index (χ2v) is 5.94. The summed E-state index contributed by atoms with van der Waals surface area (Å²) < 4.78 is 2.02. The largest absolute Gasteiger partial charge is 0.325 e. The molecule has 0 aliphatic heterocycles. The second-order valence-electron chi connectivity index (χ2n) is 5.94. The molecule has 0 radical (unpaired) electrons. The number of hydrogen-bond acceptors (Lipinski definition) is 2. The van der Waals surface area contributed by atoms with E-state index in [9.17, 15) is 0 Å². The van der Waals surface area contributed by atoms with E-state index >= 15 is 0 Å². The zero-order valence-corrected chi connectivity index (χ0v) is 11.3. The molecule has 1 aliphatic carbocycles. The summed E-state index contributed by atoms with van der Waals surface area (Å²) in [4.78, 5) is 0. The molecule has 0 saturated heterocycles. The summed E-state index contributed by atoms with van der Waals surface area (Å²) in [5.41, 5.74) is 7.64. The Kier molecular flexibility index (Phi) is 3.57. The van der Waals surface area contributed by atoms with Gasteiger partial charge in [-0.05, 0) is 45.1 Å².